The van der Waals surface area contributed by atoms with Gasteiger partial charge in [-0.1, -0.05) is 11.2 Å². The van der Waals surface area contributed by atoms with E-state index < -0.39 is 0 Å². The molecule has 1 heterocycles. The second kappa shape index (κ2) is 4.84. The number of nitrogens with zero attached hydrogens (tertiary/aromatic N) is 1. The van der Waals surface area contributed by atoms with Crippen LogP contribution in [-0.4, -0.2) is 17.7 Å². The smallest absolute Gasteiger partial charge is 0.222 e. The van der Waals surface area contributed by atoms with Crippen LogP contribution in [0.15, 0.2) is 38.6 Å². The number of nitrogens with two attached hydrogens (primary N) is 1. The molecule has 0 amide bonds. The normalized spacial score (nSPS) is 10.6. The van der Waals surface area contributed by atoms with Crippen LogP contribution in [0.5, 0.6) is 0 Å². The Labute approximate surface area is 103 Å². The maximum Gasteiger partial charge on any atom is 0.222 e. The predicted octanol–water partition coefficient (Wildman–Crippen LogP) is 3.37. The van der Waals surface area contributed by atoms with E-state index in [4.69, 9.17) is 10.3 Å². The van der Waals surface area contributed by atoms with Gasteiger partial charge < -0.3 is 10.3 Å². The maximum absolute atomic E-state index is 5.52. The van der Waals surface area contributed by atoms with Crippen LogP contribution in [-0.2, 0) is 0 Å². The molecule has 0 unspecified atom stereocenters. The van der Waals surface area contributed by atoms with Crippen LogP contribution in [0.4, 0.5) is 5.88 Å². The number of rotatable bonds is 3. The third-order valence-corrected chi connectivity index (χ3v) is 3.72. The van der Waals surface area contributed by atoms with E-state index in [0.717, 1.165) is 11.3 Å². The van der Waals surface area contributed by atoms with Crippen molar-refractivity contribution in [2.75, 3.05) is 18.2 Å². The molecule has 0 fully saturated rings. The number of aromatic nitrogens is 1. The molecule has 84 valence electrons. The molecule has 0 radical (unpaired) electrons. The van der Waals surface area contributed by atoms with Gasteiger partial charge in [-0.05, 0) is 24.6 Å². The Morgan fingerprint density at radius 2 is 2.00 bits per heavy atom. The third kappa shape index (κ3) is 2.20. The minimum absolute atomic E-state index is 0.344. The van der Waals surface area contributed by atoms with E-state index in [-0.39, 0.29) is 0 Å². The van der Waals surface area contributed by atoms with Crippen LogP contribution in [0.25, 0.3) is 11.3 Å². The van der Waals surface area contributed by atoms with Crippen molar-refractivity contribution in [2.45, 2.75) is 9.79 Å². The highest BCUT2D eigenvalue weighted by atomic mass is 32.2. The summed E-state index contributed by atoms with van der Waals surface area (Å²) in [7, 11) is 0. The Kier molecular flexibility index (Phi) is 3.46. The van der Waals surface area contributed by atoms with Gasteiger partial charge in [0.2, 0.25) is 5.88 Å². The average molecular weight is 252 g/mol. The van der Waals surface area contributed by atoms with Crippen LogP contribution in [0, 0.1) is 0 Å². The lowest BCUT2D eigenvalue weighted by Crippen LogP contribution is -1.83. The molecule has 1 aromatic carbocycles. The van der Waals surface area contributed by atoms with Gasteiger partial charge in [0.25, 0.3) is 0 Å². The van der Waals surface area contributed by atoms with Crippen LogP contribution >= 0.6 is 23.5 Å². The SMILES string of the molecule is CSc1ccc(-c2cc(N)on2)c(SC)c1. The summed E-state index contributed by atoms with van der Waals surface area (Å²) in [6, 6.07) is 8.02. The Bertz CT molecular complexity index is 496. The lowest BCUT2D eigenvalue weighted by atomic mass is 10.1. The molecule has 0 atom stereocenters. The lowest BCUT2D eigenvalue weighted by molar-refractivity contribution is 0.439. The van der Waals surface area contributed by atoms with Crippen LogP contribution in [0.3, 0.4) is 0 Å². The van der Waals surface area contributed by atoms with E-state index in [2.05, 4.69) is 29.6 Å². The van der Waals surface area contributed by atoms with Gasteiger partial charge in [-0.25, -0.2) is 0 Å². The molecule has 5 heteroatoms. The van der Waals surface area contributed by atoms with Crippen LogP contribution in [0.2, 0.25) is 0 Å². The Hall–Kier alpha value is -1.07. The van der Waals surface area contributed by atoms with Crippen molar-refractivity contribution in [1.82, 2.24) is 5.16 Å². The number of benzene rings is 1. The predicted molar refractivity (Wildman–Crippen MR) is 69.9 cm³/mol. The van der Waals surface area contributed by atoms with E-state index in [0.29, 0.717) is 5.88 Å². The van der Waals surface area contributed by atoms with Gasteiger partial charge in [0.05, 0.1) is 0 Å². The first-order valence-electron chi connectivity index (χ1n) is 4.69. The average Bonchev–Trinajstić information content (AvgIpc) is 2.74. The fourth-order valence-electron chi connectivity index (χ4n) is 1.43. The molecule has 0 saturated carbocycles. The number of hydrogen-bond acceptors (Lipinski definition) is 5. The topological polar surface area (TPSA) is 52.0 Å². The van der Waals surface area contributed by atoms with Crippen LogP contribution in [0.1, 0.15) is 0 Å². The minimum Gasteiger partial charge on any atom is -0.368 e. The van der Waals surface area contributed by atoms with E-state index in [1.807, 2.05) is 6.26 Å². The first-order valence-corrected chi connectivity index (χ1v) is 7.14. The van der Waals surface area contributed by atoms with Crippen LogP contribution < -0.4 is 5.73 Å². The largest absolute Gasteiger partial charge is 0.368 e. The van der Waals surface area contributed by atoms with Gasteiger partial charge in [-0.3, -0.25) is 0 Å². The highest BCUT2D eigenvalue weighted by Crippen LogP contribution is 2.33. The standard InChI is InChI=1S/C11H12N2OS2/c1-15-7-3-4-8(10(5-7)16-2)9-6-11(12)14-13-9/h3-6H,12H2,1-2H3. The number of nitrogen functional groups attached to an aromatic ring is 1. The zero-order valence-electron chi connectivity index (χ0n) is 9.06. The van der Waals surface area contributed by atoms with Gasteiger partial charge in [0, 0.05) is 21.4 Å². The maximum atomic E-state index is 5.52. The summed E-state index contributed by atoms with van der Waals surface area (Å²) in [5.74, 6) is 0.344. The molecule has 0 saturated heterocycles. The van der Waals surface area contributed by atoms with E-state index in [9.17, 15) is 0 Å². The summed E-state index contributed by atoms with van der Waals surface area (Å²) in [6.07, 6.45) is 4.11. The van der Waals surface area contributed by atoms with Gasteiger partial charge in [-0.2, -0.15) is 0 Å². The highest BCUT2D eigenvalue weighted by Gasteiger charge is 2.09. The van der Waals surface area contributed by atoms with Crippen molar-refractivity contribution < 1.29 is 4.52 Å². The molecule has 0 aliphatic heterocycles. The Morgan fingerprint density at radius 3 is 2.56 bits per heavy atom. The first kappa shape index (κ1) is 11.4. The molecule has 3 nitrogen and oxygen atoms in total. The first-order chi connectivity index (χ1) is 7.74. The van der Waals surface area contributed by atoms with E-state index >= 15 is 0 Å². The summed E-state index contributed by atoms with van der Waals surface area (Å²) >= 11 is 3.42. The minimum atomic E-state index is 0.344. The monoisotopic (exact) mass is 252 g/mol. The summed E-state index contributed by atoms with van der Waals surface area (Å²) < 4.78 is 4.89. The van der Waals surface area contributed by atoms with Crippen molar-refractivity contribution in [3.05, 3.63) is 24.3 Å². The quantitative estimate of drug-likeness (QED) is 0.849. The summed E-state index contributed by atoms with van der Waals surface area (Å²) in [5.41, 5.74) is 7.37. The van der Waals surface area contributed by atoms with Crippen molar-refractivity contribution in [3.8, 4) is 11.3 Å². The number of thioether (sulfide) groups is 2. The van der Waals surface area contributed by atoms with Crippen molar-refractivity contribution in [3.63, 3.8) is 0 Å². The van der Waals surface area contributed by atoms with Crippen molar-refractivity contribution in [1.29, 1.82) is 0 Å². The fraction of sp³-hybridized carbons (Fsp3) is 0.182. The van der Waals surface area contributed by atoms with Gasteiger partial charge >= 0.3 is 0 Å². The van der Waals surface area contributed by atoms with Gasteiger partial charge in [0.15, 0.2) is 0 Å². The summed E-state index contributed by atoms with van der Waals surface area (Å²) in [5, 5.41) is 3.93. The lowest BCUT2D eigenvalue weighted by Gasteiger charge is -2.05. The zero-order chi connectivity index (χ0) is 11.5. The zero-order valence-corrected chi connectivity index (χ0v) is 10.7. The fourth-order valence-corrected chi connectivity index (χ4v) is 2.58. The van der Waals surface area contributed by atoms with Gasteiger partial charge in [-0.15, -0.1) is 23.5 Å². The van der Waals surface area contributed by atoms with Gasteiger partial charge in [0.1, 0.15) is 5.69 Å². The molecule has 0 aliphatic rings. The highest BCUT2D eigenvalue weighted by molar-refractivity contribution is 7.99. The number of anilines is 1. The second-order valence-electron chi connectivity index (χ2n) is 3.18. The summed E-state index contributed by atoms with van der Waals surface area (Å²) in [6.45, 7) is 0. The summed E-state index contributed by atoms with van der Waals surface area (Å²) in [4.78, 5) is 2.42. The molecule has 16 heavy (non-hydrogen) atoms. The van der Waals surface area contributed by atoms with Crippen molar-refractivity contribution >= 4 is 29.4 Å². The molecule has 0 aliphatic carbocycles. The van der Waals surface area contributed by atoms with Crippen molar-refractivity contribution in [2.24, 2.45) is 0 Å². The number of hydrogen-bond donors (Lipinski definition) is 1. The molecule has 2 aromatic rings. The molecular formula is C11H12N2OS2. The van der Waals surface area contributed by atoms with E-state index in [1.54, 1.807) is 29.6 Å². The second-order valence-corrected chi connectivity index (χ2v) is 4.91. The molecule has 2 N–H and O–H groups in total. The Morgan fingerprint density at radius 1 is 1.19 bits per heavy atom. The Balaban J connectivity index is 2.48. The molecule has 0 spiro atoms. The molecular weight excluding hydrogens is 240 g/mol. The van der Waals surface area contributed by atoms with E-state index in [1.165, 1.54) is 9.79 Å². The third-order valence-electron chi connectivity index (χ3n) is 2.21. The molecule has 1 aromatic heterocycles. The molecule has 0 bridgehead atoms. The molecule has 2 rings (SSSR count).